The number of hydrogen-bond donors (Lipinski definition) is 1. The third kappa shape index (κ3) is 8.25. The van der Waals surface area contributed by atoms with E-state index in [0.717, 1.165) is 27.3 Å². The van der Waals surface area contributed by atoms with Gasteiger partial charge in [0.05, 0.1) is 11.9 Å². The van der Waals surface area contributed by atoms with Crippen molar-refractivity contribution in [3.05, 3.63) is 64.2 Å². The van der Waals surface area contributed by atoms with Gasteiger partial charge in [-0.3, -0.25) is 13.9 Å². The smallest absolute Gasteiger partial charge is 0.244 e. The van der Waals surface area contributed by atoms with Gasteiger partial charge >= 0.3 is 0 Å². The summed E-state index contributed by atoms with van der Waals surface area (Å²) in [6, 6.07) is 11.6. The van der Waals surface area contributed by atoms with Crippen molar-refractivity contribution >= 4 is 39.1 Å². The molecule has 192 valence electrons. The highest BCUT2D eigenvalue weighted by Crippen LogP contribution is 2.25. The third-order valence-corrected chi connectivity index (χ3v) is 6.83. The van der Waals surface area contributed by atoms with E-state index < -0.39 is 34.1 Å². The van der Waals surface area contributed by atoms with Crippen molar-refractivity contribution in [3.63, 3.8) is 0 Å². The van der Waals surface area contributed by atoms with Gasteiger partial charge in [0.25, 0.3) is 0 Å². The summed E-state index contributed by atoms with van der Waals surface area (Å²) in [4.78, 5) is 28.3. The molecule has 0 spiro atoms. The van der Waals surface area contributed by atoms with E-state index in [2.05, 4.69) is 5.32 Å². The van der Waals surface area contributed by atoms with Gasteiger partial charge in [-0.15, -0.1) is 0 Å². The first-order chi connectivity index (χ1) is 16.1. The average Bonchev–Trinajstić information content (AvgIpc) is 2.71. The number of nitrogens with zero attached hydrogens (tertiary/aromatic N) is 2. The Kier molecular flexibility index (Phi) is 9.36. The number of anilines is 1. The number of carbonyl (C=O) groups is 2. The van der Waals surface area contributed by atoms with Crippen LogP contribution in [-0.2, 0) is 26.2 Å². The number of carbonyl (C=O) groups excluding carboxylic acids is 2. The quantitative estimate of drug-likeness (QED) is 0.528. The molecule has 0 aliphatic rings. The molecule has 2 amide bonds. The zero-order chi connectivity index (χ0) is 26.6. The summed E-state index contributed by atoms with van der Waals surface area (Å²) >= 11 is 6.02. The molecule has 0 bridgehead atoms. The molecule has 0 aliphatic heterocycles. The summed E-state index contributed by atoms with van der Waals surface area (Å²) in [6.07, 6.45) is 1.44. The van der Waals surface area contributed by atoms with Crippen LogP contribution >= 0.6 is 11.6 Å². The molecule has 0 radical (unpaired) electrons. The molecule has 1 N–H and O–H groups in total. The second-order valence-electron chi connectivity index (χ2n) is 9.87. The largest absolute Gasteiger partial charge is 0.350 e. The molecule has 0 saturated heterocycles. The van der Waals surface area contributed by atoms with Crippen LogP contribution in [0, 0.1) is 13.8 Å². The summed E-state index contributed by atoms with van der Waals surface area (Å²) in [7, 11) is -3.77. The number of halogens is 1. The summed E-state index contributed by atoms with van der Waals surface area (Å²) in [5, 5.41) is 3.50. The normalized spacial score (nSPS) is 12.7. The Hall–Kier alpha value is -2.58. The lowest BCUT2D eigenvalue weighted by Gasteiger charge is -2.34. The highest BCUT2D eigenvalue weighted by Gasteiger charge is 2.33. The fourth-order valence-corrected chi connectivity index (χ4v) is 4.87. The van der Waals surface area contributed by atoms with Crippen molar-refractivity contribution in [2.24, 2.45) is 0 Å². The van der Waals surface area contributed by atoms with Crippen LogP contribution in [0.4, 0.5) is 5.69 Å². The maximum atomic E-state index is 13.7. The van der Waals surface area contributed by atoms with Crippen molar-refractivity contribution in [3.8, 4) is 0 Å². The van der Waals surface area contributed by atoms with E-state index in [1.54, 1.807) is 30.3 Å². The Labute approximate surface area is 214 Å². The molecule has 2 aromatic rings. The van der Waals surface area contributed by atoms with Gasteiger partial charge in [0.15, 0.2) is 0 Å². The Balaban J connectivity index is 2.48. The van der Waals surface area contributed by atoms with Crippen LogP contribution in [0.15, 0.2) is 42.5 Å². The van der Waals surface area contributed by atoms with Crippen LogP contribution in [0.2, 0.25) is 5.02 Å². The van der Waals surface area contributed by atoms with Crippen molar-refractivity contribution in [1.29, 1.82) is 0 Å². The van der Waals surface area contributed by atoms with Gasteiger partial charge in [0.1, 0.15) is 12.6 Å². The number of benzene rings is 2. The molecule has 2 rings (SSSR count). The van der Waals surface area contributed by atoms with Gasteiger partial charge < -0.3 is 10.2 Å². The lowest BCUT2D eigenvalue weighted by Crippen LogP contribution is -2.55. The van der Waals surface area contributed by atoms with Gasteiger partial charge in [-0.05, 0) is 70.4 Å². The van der Waals surface area contributed by atoms with Gasteiger partial charge in [-0.25, -0.2) is 8.42 Å². The predicted octanol–water partition coefficient (Wildman–Crippen LogP) is 4.44. The van der Waals surface area contributed by atoms with E-state index in [-0.39, 0.29) is 12.5 Å². The molecule has 0 fully saturated rings. The van der Waals surface area contributed by atoms with Gasteiger partial charge in [0, 0.05) is 17.1 Å². The summed E-state index contributed by atoms with van der Waals surface area (Å²) in [5.74, 6) is -0.763. The lowest BCUT2D eigenvalue weighted by atomic mass is 10.1. The lowest BCUT2D eigenvalue weighted by molar-refractivity contribution is -0.141. The topological polar surface area (TPSA) is 86.8 Å². The zero-order valence-corrected chi connectivity index (χ0v) is 23.1. The predicted molar refractivity (Wildman–Crippen MR) is 142 cm³/mol. The van der Waals surface area contributed by atoms with Crippen LogP contribution in [0.3, 0.4) is 0 Å². The number of amides is 2. The second-order valence-corrected chi connectivity index (χ2v) is 12.2. The molecule has 0 aromatic heterocycles. The first-order valence-corrected chi connectivity index (χ1v) is 13.8. The number of rotatable bonds is 9. The Morgan fingerprint density at radius 1 is 1.06 bits per heavy atom. The van der Waals surface area contributed by atoms with Crippen LogP contribution < -0.4 is 9.62 Å². The van der Waals surface area contributed by atoms with Crippen LogP contribution in [0.25, 0.3) is 0 Å². The number of aryl methyl sites for hydroxylation is 2. The van der Waals surface area contributed by atoms with E-state index in [4.69, 9.17) is 11.6 Å². The van der Waals surface area contributed by atoms with Crippen molar-refractivity contribution < 1.29 is 18.0 Å². The molecule has 9 heteroatoms. The Morgan fingerprint density at radius 2 is 1.66 bits per heavy atom. The maximum Gasteiger partial charge on any atom is 0.244 e. The molecule has 1 atom stereocenters. The summed E-state index contributed by atoms with van der Waals surface area (Å²) in [6.45, 7) is 10.9. The van der Waals surface area contributed by atoms with E-state index in [1.165, 1.54) is 4.90 Å². The van der Waals surface area contributed by atoms with Crippen molar-refractivity contribution in [2.75, 3.05) is 17.1 Å². The standard InChI is InChI=1S/C26H36ClN3O4S/c1-8-22(25(32)28-26(4,5)6)29(16-20-10-12-21(27)13-11-20)24(31)17-30(35(7,33)34)23-14-9-18(2)15-19(23)3/h9-15,22H,8,16-17H2,1-7H3,(H,28,32). The fraction of sp³-hybridized carbons (Fsp3) is 0.462. The van der Waals surface area contributed by atoms with Crippen LogP contribution in [0.5, 0.6) is 0 Å². The Bertz CT molecular complexity index is 1160. The van der Waals surface area contributed by atoms with Gasteiger partial charge in [-0.2, -0.15) is 0 Å². The maximum absolute atomic E-state index is 13.7. The molecule has 7 nitrogen and oxygen atoms in total. The summed E-state index contributed by atoms with van der Waals surface area (Å²) in [5.41, 5.74) is 2.45. The third-order valence-electron chi connectivity index (χ3n) is 5.45. The molecular weight excluding hydrogens is 486 g/mol. The minimum Gasteiger partial charge on any atom is -0.350 e. The zero-order valence-electron chi connectivity index (χ0n) is 21.6. The van der Waals surface area contributed by atoms with E-state index >= 15 is 0 Å². The molecule has 0 heterocycles. The minimum absolute atomic E-state index is 0.135. The Morgan fingerprint density at radius 3 is 2.14 bits per heavy atom. The molecular formula is C26H36ClN3O4S. The molecule has 0 aliphatic carbocycles. The molecule has 2 aromatic carbocycles. The van der Waals surface area contributed by atoms with Gasteiger partial charge in [-0.1, -0.05) is 48.4 Å². The summed E-state index contributed by atoms with van der Waals surface area (Å²) < 4.78 is 26.6. The minimum atomic E-state index is -3.77. The first-order valence-electron chi connectivity index (χ1n) is 11.5. The van der Waals surface area contributed by atoms with Crippen molar-refractivity contribution in [2.45, 2.75) is 66.1 Å². The number of hydrogen-bond acceptors (Lipinski definition) is 4. The monoisotopic (exact) mass is 521 g/mol. The molecule has 1 unspecified atom stereocenters. The number of nitrogens with one attached hydrogen (secondary N) is 1. The number of sulfonamides is 1. The van der Waals surface area contributed by atoms with Gasteiger partial charge in [0.2, 0.25) is 21.8 Å². The van der Waals surface area contributed by atoms with E-state index in [1.807, 2.05) is 53.7 Å². The highest BCUT2D eigenvalue weighted by molar-refractivity contribution is 7.92. The first kappa shape index (κ1) is 28.7. The highest BCUT2D eigenvalue weighted by atomic mass is 35.5. The molecule has 0 saturated carbocycles. The van der Waals surface area contributed by atoms with Crippen LogP contribution in [0.1, 0.15) is 50.8 Å². The van der Waals surface area contributed by atoms with E-state index in [0.29, 0.717) is 17.1 Å². The second kappa shape index (κ2) is 11.4. The van der Waals surface area contributed by atoms with E-state index in [9.17, 15) is 18.0 Å². The SMILES string of the molecule is CCC(C(=O)NC(C)(C)C)N(Cc1ccc(Cl)cc1)C(=O)CN(c1ccc(C)cc1C)S(C)(=O)=O. The van der Waals surface area contributed by atoms with Crippen LogP contribution in [-0.4, -0.2) is 49.5 Å². The molecule has 35 heavy (non-hydrogen) atoms. The van der Waals surface area contributed by atoms with Crippen molar-refractivity contribution in [1.82, 2.24) is 10.2 Å². The fourth-order valence-electron chi connectivity index (χ4n) is 3.84. The average molecular weight is 522 g/mol.